The molecule has 2 aromatic rings. The predicted molar refractivity (Wildman–Crippen MR) is 147 cm³/mol. The second-order valence-electron chi connectivity index (χ2n) is 9.15. The van der Waals surface area contributed by atoms with Gasteiger partial charge in [-0.25, -0.2) is 13.2 Å². The van der Waals surface area contributed by atoms with E-state index in [1.165, 1.54) is 4.90 Å². The number of carbonyl (C=O) groups excluding carboxylic acids is 2. The molecule has 1 aliphatic rings. The van der Waals surface area contributed by atoms with E-state index in [2.05, 4.69) is 20.3 Å². The summed E-state index contributed by atoms with van der Waals surface area (Å²) < 4.78 is 60.9. The van der Waals surface area contributed by atoms with E-state index in [0.29, 0.717) is 42.1 Å². The van der Waals surface area contributed by atoms with Gasteiger partial charge in [-0.2, -0.15) is 13.2 Å². The van der Waals surface area contributed by atoms with Gasteiger partial charge in [-0.3, -0.25) is 14.3 Å². The Morgan fingerprint density at radius 2 is 1.71 bits per heavy atom. The summed E-state index contributed by atoms with van der Waals surface area (Å²) in [5.41, 5.74) is 1.97. The summed E-state index contributed by atoms with van der Waals surface area (Å²) >= 11 is 0. The van der Waals surface area contributed by atoms with Crippen molar-refractivity contribution in [1.82, 2.24) is 15.5 Å². The number of hydrogen-bond acceptors (Lipinski definition) is 7. The Balaban J connectivity index is 0.000000745. The SMILES string of the molecule is CCCNC(=O)CN(C)C(=O)c1ccc(N2CCNCC2)c(NS(=O)(=O)c2ccccc2C)c1.O=C(O)C(F)(F)F. The van der Waals surface area contributed by atoms with Crippen LogP contribution in [0.2, 0.25) is 0 Å². The molecule has 226 valence electrons. The number of rotatable bonds is 9. The van der Waals surface area contributed by atoms with Crippen molar-refractivity contribution in [2.24, 2.45) is 0 Å². The first kappa shape index (κ1) is 33.4. The van der Waals surface area contributed by atoms with E-state index in [9.17, 15) is 31.2 Å². The van der Waals surface area contributed by atoms with Crippen LogP contribution in [0.15, 0.2) is 47.4 Å². The number of halogens is 3. The topological polar surface area (TPSA) is 148 Å². The minimum absolute atomic E-state index is 0.0807. The Kier molecular flexibility index (Phi) is 11.9. The first-order valence-corrected chi connectivity index (χ1v) is 14.2. The van der Waals surface area contributed by atoms with E-state index in [1.54, 1.807) is 56.4 Å². The molecule has 4 N–H and O–H groups in total. The number of likely N-dealkylation sites (N-methyl/N-ethyl adjacent to an activating group) is 1. The van der Waals surface area contributed by atoms with Crippen LogP contribution in [0.3, 0.4) is 0 Å². The van der Waals surface area contributed by atoms with Crippen molar-refractivity contribution in [2.75, 3.05) is 55.9 Å². The van der Waals surface area contributed by atoms with E-state index in [0.717, 1.165) is 19.5 Å². The van der Waals surface area contributed by atoms with Crippen molar-refractivity contribution >= 4 is 39.2 Å². The number of carboxylic acid groups (broad SMARTS) is 1. The highest BCUT2D eigenvalue weighted by atomic mass is 32.2. The van der Waals surface area contributed by atoms with Crippen LogP contribution in [0.4, 0.5) is 24.5 Å². The molecule has 2 amide bonds. The molecule has 2 aromatic carbocycles. The van der Waals surface area contributed by atoms with Gasteiger partial charge < -0.3 is 25.5 Å². The molecule has 11 nitrogen and oxygen atoms in total. The first-order valence-electron chi connectivity index (χ1n) is 12.7. The number of piperazine rings is 1. The summed E-state index contributed by atoms with van der Waals surface area (Å²) in [5.74, 6) is -3.36. The molecule has 1 saturated heterocycles. The lowest BCUT2D eigenvalue weighted by Gasteiger charge is -2.31. The third kappa shape index (κ3) is 9.93. The molecule has 0 radical (unpaired) electrons. The van der Waals surface area contributed by atoms with Crippen LogP contribution < -0.4 is 20.3 Å². The fraction of sp³-hybridized carbons (Fsp3) is 0.423. The predicted octanol–water partition coefficient (Wildman–Crippen LogP) is 2.44. The number of amides is 2. The van der Waals surface area contributed by atoms with E-state index in [-0.39, 0.29) is 23.3 Å². The van der Waals surface area contributed by atoms with Gasteiger partial charge in [-0.1, -0.05) is 25.1 Å². The lowest BCUT2D eigenvalue weighted by molar-refractivity contribution is -0.192. The van der Waals surface area contributed by atoms with Gasteiger partial charge in [0.2, 0.25) is 5.91 Å². The number of anilines is 2. The maximum atomic E-state index is 13.2. The van der Waals surface area contributed by atoms with Crippen LogP contribution in [0.5, 0.6) is 0 Å². The molecule has 1 fully saturated rings. The van der Waals surface area contributed by atoms with Crippen molar-refractivity contribution in [3.8, 4) is 0 Å². The molecule has 1 aliphatic heterocycles. The summed E-state index contributed by atoms with van der Waals surface area (Å²) in [6.07, 6.45) is -4.28. The van der Waals surface area contributed by atoms with Crippen LogP contribution in [0.25, 0.3) is 0 Å². The molecule has 0 bridgehead atoms. The van der Waals surface area contributed by atoms with Crippen molar-refractivity contribution in [2.45, 2.75) is 31.3 Å². The van der Waals surface area contributed by atoms with Gasteiger partial charge in [0.1, 0.15) is 0 Å². The molecule has 3 rings (SSSR count). The van der Waals surface area contributed by atoms with Gasteiger partial charge in [-0.05, 0) is 43.2 Å². The van der Waals surface area contributed by atoms with Crippen molar-refractivity contribution in [1.29, 1.82) is 0 Å². The number of hydrogen-bond donors (Lipinski definition) is 4. The molecule has 0 unspecified atom stereocenters. The molecule has 0 aliphatic carbocycles. The minimum Gasteiger partial charge on any atom is -0.475 e. The highest BCUT2D eigenvalue weighted by Gasteiger charge is 2.38. The van der Waals surface area contributed by atoms with Crippen LogP contribution in [-0.2, 0) is 19.6 Å². The van der Waals surface area contributed by atoms with Crippen molar-refractivity contribution in [3.63, 3.8) is 0 Å². The lowest BCUT2D eigenvalue weighted by atomic mass is 10.1. The van der Waals surface area contributed by atoms with Crippen LogP contribution in [0, 0.1) is 6.92 Å². The monoisotopic (exact) mass is 601 g/mol. The Labute approximate surface area is 236 Å². The van der Waals surface area contributed by atoms with E-state index >= 15 is 0 Å². The smallest absolute Gasteiger partial charge is 0.475 e. The van der Waals surface area contributed by atoms with E-state index < -0.39 is 22.2 Å². The summed E-state index contributed by atoms with van der Waals surface area (Å²) in [6.45, 7) is 7.14. The first-order chi connectivity index (χ1) is 19.2. The third-order valence-electron chi connectivity index (χ3n) is 5.87. The average molecular weight is 602 g/mol. The highest BCUT2D eigenvalue weighted by molar-refractivity contribution is 7.92. The Bertz CT molecular complexity index is 1330. The molecule has 0 aromatic heterocycles. The lowest BCUT2D eigenvalue weighted by Crippen LogP contribution is -2.44. The number of carboxylic acids is 1. The van der Waals surface area contributed by atoms with Gasteiger partial charge in [0, 0.05) is 45.3 Å². The van der Waals surface area contributed by atoms with E-state index in [1.807, 2.05) is 6.92 Å². The molecule has 15 heteroatoms. The number of nitrogens with one attached hydrogen (secondary N) is 3. The van der Waals surface area contributed by atoms with Gasteiger partial charge >= 0.3 is 12.1 Å². The zero-order valence-corrected chi connectivity index (χ0v) is 23.7. The second kappa shape index (κ2) is 14.7. The quantitative estimate of drug-likeness (QED) is 0.343. The molecular formula is C26H34F3N5O6S. The summed E-state index contributed by atoms with van der Waals surface area (Å²) in [6, 6.07) is 11.7. The molecular weight excluding hydrogens is 567 g/mol. The van der Waals surface area contributed by atoms with Crippen LogP contribution in [0.1, 0.15) is 29.3 Å². The maximum absolute atomic E-state index is 13.2. The van der Waals surface area contributed by atoms with Gasteiger partial charge in [0.15, 0.2) is 0 Å². The third-order valence-corrected chi connectivity index (χ3v) is 7.40. The number of nitrogens with zero attached hydrogens (tertiary/aromatic N) is 2. The molecule has 0 saturated carbocycles. The Morgan fingerprint density at radius 3 is 2.27 bits per heavy atom. The van der Waals surface area contributed by atoms with Crippen LogP contribution in [-0.4, -0.2) is 88.7 Å². The van der Waals surface area contributed by atoms with Crippen molar-refractivity contribution in [3.05, 3.63) is 53.6 Å². The Hall–Kier alpha value is -3.85. The normalized spacial score (nSPS) is 13.5. The highest BCUT2D eigenvalue weighted by Crippen LogP contribution is 2.31. The number of sulfonamides is 1. The molecule has 1 heterocycles. The number of alkyl halides is 3. The fourth-order valence-electron chi connectivity index (χ4n) is 3.82. The number of aliphatic carboxylic acids is 1. The standard InChI is InChI=1S/C24H33N5O4S.C2HF3O2/c1-4-11-26-23(30)17-28(3)24(31)19-9-10-21(29-14-12-25-13-15-29)20(16-19)27-34(32,33)22-8-6-5-7-18(22)2;3-2(4,5)1(6)7/h5-10,16,25,27H,4,11-15,17H2,1-3H3,(H,26,30);(H,6,7). The van der Waals surface area contributed by atoms with Gasteiger partial charge in [0.05, 0.1) is 22.8 Å². The van der Waals surface area contributed by atoms with Crippen LogP contribution >= 0.6 is 0 Å². The molecule has 41 heavy (non-hydrogen) atoms. The zero-order chi connectivity index (χ0) is 30.8. The second-order valence-corrected chi connectivity index (χ2v) is 10.8. The number of aryl methyl sites for hydroxylation is 1. The largest absolute Gasteiger partial charge is 0.490 e. The maximum Gasteiger partial charge on any atom is 0.490 e. The van der Waals surface area contributed by atoms with Gasteiger partial charge in [0.25, 0.3) is 15.9 Å². The Morgan fingerprint density at radius 1 is 1.10 bits per heavy atom. The number of benzene rings is 2. The summed E-state index contributed by atoms with van der Waals surface area (Å²) in [5, 5.41) is 13.2. The van der Waals surface area contributed by atoms with Gasteiger partial charge in [-0.15, -0.1) is 0 Å². The summed E-state index contributed by atoms with van der Waals surface area (Å²) in [7, 11) is -2.33. The summed E-state index contributed by atoms with van der Waals surface area (Å²) in [4.78, 5) is 37.6. The average Bonchev–Trinajstić information content (AvgIpc) is 2.91. The number of carbonyl (C=O) groups is 3. The van der Waals surface area contributed by atoms with E-state index in [4.69, 9.17) is 9.90 Å². The van der Waals surface area contributed by atoms with Crippen molar-refractivity contribution < 1.29 is 41.1 Å². The minimum atomic E-state index is -5.08. The zero-order valence-electron chi connectivity index (χ0n) is 22.9. The molecule has 0 spiro atoms. The fourth-order valence-corrected chi connectivity index (χ4v) is 5.13. The molecule has 0 atom stereocenters.